The van der Waals surface area contributed by atoms with E-state index in [1.807, 2.05) is 0 Å². The van der Waals surface area contributed by atoms with Crippen molar-refractivity contribution in [3.05, 3.63) is 28.8 Å². The molecule has 0 aliphatic carbocycles. The highest BCUT2D eigenvalue weighted by Crippen LogP contribution is 2.23. The molecule has 1 aromatic carbocycles. The second-order valence-electron chi connectivity index (χ2n) is 4.41. The normalized spacial score (nSPS) is 18.1. The van der Waals surface area contributed by atoms with Crippen LogP contribution in [0.15, 0.2) is 18.2 Å². The van der Waals surface area contributed by atoms with Crippen LogP contribution in [0.4, 0.5) is 5.69 Å². The molecular weight excluding hydrogens is 266 g/mol. The van der Waals surface area contributed by atoms with Crippen molar-refractivity contribution in [2.24, 2.45) is 0 Å². The summed E-state index contributed by atoms with van der Waals surface area (Å²) < 4.78 is 0. The van der Waals surface area contributed by atoms with Crippen LogP contribution in [0.3, 0.4) is 0 Å². The number of hydrogen-bond donors (Lipinski definition) is 3. The zero-order valence-electron chi connectivity index (χ0n) is 10.6. The summed E-state index contributed by atoms with van der Waals surface area (Å²) in [6.45, 7) is 0.851. The first-order valence-electron chi connectivity index (χ1n) is 6.17. The van der Waals surface area contributed by atoms with E-state index in [0.29, 0.717) is 16.3 Å². The van der Waals surface area contributed by atoms with E-state index in [2.05, 4.69) is 16.0 Å². The van der Waals surface area contributed by atoms with Gasteiger partial charge in [0.15, 0.2) is 0 Å². The highest BCUT2D eigenvalue weighted by molar-refractivity contribution is 6.34. The molecule has 2 amide bonds. The van der Waals surface area contributed by atoms with Gasteiger partial charge in [0.05, 0.1) is 16.8 Å². The maximum absolute atomic E-state index is 12.0. The smallest absolute Gasteiger partial charge is 0.251 e. The summed E-state index contributed by atoms with van der Waals surface area (Å²) in [5, 5.41) is 8.81. The van der Waals surface area contributed by atoms with Crippen molar-refractivity contribution in [1.82, 2.24) is 10.6 Å². The number of anilines is 1. The Morgan fingerprint density at radius 2 is 2.21 bits per heavy atom. The van der Waals surface area contributed by atoms with Crippen LogP contribution >= 0.6 is 11.6 Å². The first-order chi connectivity index (χ1) is 9.11. The highest BCUT2D eigenvalue weighted by Gasteiger charge is 2.22. The highest BCUT2D eigenvalue weighted by atomic mass is 35.5. The number of halogens is 1. The van der Waals surface area contributed by atoms with Crippen LogP contribution in [0, 0.1) is 0 Å². The van der Waals surface area contributed by atoms with Gasteiger partial charge in [-0.1, -0.05) is 11.6 Å². The van der Waals surface area contributed by atoms with Gasteiger partial charge >= 0.3 is 0 Å². The van der Waals surface area contributed by atoms with E-state index in [-0.39, 0.29) is 17.9 Å². The lowest BCUT2D eigenvalue weighted by Gasteiger charge is -2.13. The van der Waals surface area contributed by atoms with Gasteiger partial charge in [0, 0.05) is 12.6 Å². The quantitative estimate of drug-likeness (QED) is 0.784. The lowest BCUT2D eigenvalue weighted by Crippen LogP contribution is -2.35. The van der Waals surface area contributed by atoms with Gasteiger partial charge in [0.1, 0.15) is 0 Å². The van der Waals surface area contributed by atoms with Crippen LogP contribution in [0.25, 0.3) is 0 Å². The SMILES string of the molecule is CNC(=O)c1ccc(Cl)c(NC(=O)C2CCCN2)c1. The molecule has 1 saturated heterocycles. The summed E-state index contributed by atoms with van der Waals surface area (Å²) >= 11 is 6.03. The summed E-state index contributed by atoms with van der Waals surface area (Å²) in [4.78, 5) is 23.5. The van der Waals surface area contributed by atoms with E-state index in [1.54, 1.807) is 25.2 Å². The van der Waals surface area contributed by atoms with Crippen LogP contribution < -0.4 is 16.0 Å². The zero-order valence-corrected chi connectivity index (χ0v) is 11.4. The minimum absolute atomic E-state index is 0.117. The van der Waals surface area contributed by atoms with Crippen LogP contribution in [-0.4, -0.2) is 31.4 Å². The van der Waals surface area contributed by atoms with Gasteiger partial charge in [-0.15, -0.1) is 0 Å². The van der Waals surface area contributed by atoms with E-state index in [1.165, 1.54) is 0 Å². The van der Waals surface area contributed by atoms with Crippen LogP contribution in [0.1, 0.15) is 23.2 Å². The third-order valence-corrected chi connectivity index (χ3v) is 3.42. The standard InChI is InChI=1S/C13H16ClN3O2/c1-15-12(18)8-4-5-9(14)11(7-8)17-13(19)10-3-2-6-16-10/h4-5,7,10,16H,2-3,6H2,1H3,(H,15,18)(H,17,19). The van der Waals surface area contributed by atoms with Crippen molar-refractivity contribution in [1.29, 1.82) is 0 Å². The Morgan fingerprint density at radius 3 is 2.84 bits per heavy atom. The predicted octanol–water partition coefficient (Wildman–Crippen LogP) is 1.39. The van der Waals surface area contributed by atoms with Crippen molar-refractivity contribution < 1.29 is 9.59 Å². The Labute approximate surface area is 116 Å². The van der Waals surface area contributed by atoms with Gasteiger partial charge in [0.2, 0.25) is 5.91 Å². The number of benzene rings is 1. The van der Waals surface area contributed by atoms with E-state index in [4.69, 9.17) is 11.6 Å². The third kappa shape index (κ3) is 3.24. The van der Waals surface area contributed by atoms with Crippen molar-refractivity contribution in [2.75, 3.05) is 18.9 Å². The van der Waals surface area contributed by atoms with Crippen LogP contribution in [-0.2, 0) is 4.79 Å². The summed E-state index contributed by atoms with van der Waals surface area (Å²) in [6.07, 6.45) is 1.81. The molecule has 3 N–H and O–H groups in total. The molecule has 5 nitrogen and oxygen atoms in total. The van der Waals surface area contributed by atoms with Crippen molar-refractivity contribution in [3.63, 3.8) is 0 Å². The summed E-state index contributed by atoms with van der Waals surface area (Å²) in [7, 11) is 1.55. The fraction of sp³-hybridized carbons (Fsp3) is 0.385. The Morgan fingerprint density at radius 1 is 1.42 bits per heavy atom. The van der Waals surface area contributed by atoms with E-state index < -0.39 is 0 Å². The molecule has 0 spiro atoms. The molecule has 1 aliphatic rings. The average Bonchev–Trinajstić information content (AvgIpc) is 2.94. The molecule has 0 radical (unpaired) electrons. The average molecular weight is 282 g/mol. The second-order valence-corrected chi connectivity index (χ2v) is 4.82. The molecule has 0 saturated carbocycles. The van der Waals surface area contributed by atoms with Gasteiger partial charge in [-0.05, 0) is 37.6 Å². The summed E-state index contributed by atoms with van der Waals surface area (Å²) in [6, 6.07) is 4.61. The number of carbonyl (C=O) groups is 2. The van der Waals surface area contributed by atoms with E-state index in [9.17, 15) is 9.59 Å². The molecule has 6 heteroatoms. The van der Waals surface area contributed by atoms with Crippen molar-refractivity contribution >= 4 is 29.1 Å². The topological polar surface area (TPSA) is 70.2 Å². The number of amides is 2. The lowest BCUT2D eigenvalue weighted by atomic mass is 10.1. The molecule has 1 heterocycles. The molecular formula is C13H16ClN3O2. The molecule has 2 rings (SSSR count). The van der Waals surface area contributed by atoms with Gasteiger partial charge in [-0.3, -0.25) is 9.59 Å². The minimum atomic E-state index is -0.217. The predicted molar refractivity (Wildman–Crippen MR) is 74.5 cm³/mol. The molecule has 0 bridgehead atoms. The number of carbonyl (C=O) groups excluding carboxylic acids is 2. The number of nitrogens with one attached hydrogen (secondary N) is 3. The Hall–Kier alpha value is -1.59. The molecule has 19 heavy (non-hydrogen) atoms. The third-order valence-electron chi connectivity index (χ3n) is 3.09. The molecule has 1 atom stereocenters. The molecule has 0 aromatic heterocycles. The maximum Gasteiger partial charge on any atom is 0.251 e. The Kier molecular flexibility index (Phi) is 4.39. The minimum Gasteiger partial charge on any atom is -0.355 e. The van der Waals surface area contributed by atoms with E-state index in [0.717, 1.165) is 19.4 Å². The lowest BCUT2D eigenvalue weighted by molar-refractivity contribution is -0.117. The molecule has 102 valence electrons. The number of rotatable bonds is 3. The largest absolute Gasteiger partial charge is 0.355 e. The molecule has 1 fully saturated rings. The maximum atomic E-state index is 12.0. The van der Waals surface area contributed by atoms with Crippen molar-refractivity contribution in [3.8, 4) is 0 Å². The van der Waals surface area contributed by atoms with E-state index >= 15 is 0 Å². The molecule has 1 aromatic rings. The Balaban J connectivity index is 2.14. The Bertz CT molecular complexity index is 499. The first kappa shape index (κ1) is 13.8. The monoisotopic (exact) mass is 281 g/mol. The van der Waals surface area contributed by atoms with Gasteiger partial charge in [-0.2, -0.15) is 0 Å². The zero-order chi connectivity index (χ0) is 13.8. The first-order valence-corrected chi connectivity index (χ1v) is 6.55. The van der Waals surface area contributed by atoms with Gasteiger partial charge in [0.25, 0.3) is 5.91 Å². The van der Waals surface area contributed by atoms with Crippen LogP contribution in [0.2, 0.25) is 5.02 Å². The molecule has 1 aliphatic heterocycles. The summed E-state index contributed by atoms with van der Waals surface area (Å²) in [5.74, 6) is -0.334. The number of hydrogen-bond acceptors (Lipinski definition) is 3. The van der Waals surface area contributed by atoms with Gasteiger partial charge < -0.3 is 16.0 Å². The fourth-order valence-electron chi connectivity index (χ4n) is 2.03. The fourth-order valence-corrected chi connectivity index (χ4v) is 2.20. The molecule has 1 unspecified atom stereocenters. The van der Waals surface area contributed by atoms with Gasteiger partial charge in [-0.25, -0.2) is 0 Å². The second kappa shape index (κ2) is 6.04. The van der Waals surface area contributed by atoms with Crippen LogP contribution in [0.5, 0.6) is 0 Å². The summed E-state index contributed by atoms with van der Waals surface area (Å²) in [5.41, 5.74) is 0.919. The van der Waals surface area contributed by atoms with Crippen molar-refractivity contribution in [2.45, 2.75) is 18.9 Å².